The van der Waals surface area contributed by atoms with Gasteiger partial charge in [0.1, 0.15) is 17.4 Å². The van der Waals surface area contributed by atoms with Gasteiger partial charge in [0, 0.05) is 12.1 Å². The SMILES string of the molecule is COc1ccc(C(C)NCCc2cc(F)cc(F)c2)cc1. The predicted molar refractivity (Wildman–Crippen MR) is 79.5 cm³/mol. The lowest BCUT2D eigenvalue weighted by Crippen LogP contribution is -2.21. The molecule has 0 aliphatic carbocycles. The summed E-state index contributed by atoms with van der Waals surface area (Å²) in [5.74, 6) is -0.248. The number of hydrogen-bond acceptors (Lipinski definition) is 2. The smallest absolute Gasteiger partial charge is 0.126 e. The van der Waals surface area contributed by atoms with E-state index in [9.17, 15) is 8.78 Å². The molecule has 2 aromatic rings. The van der Waals surface area contributed by atoms with Crippen molar-refractivity contribution in [1.82, 2.24) is 5.32 Å². The Morgan fingerprint density at radius 2 is 1.67 bits per heavy atom. The van der Waals surface area contributed by atoms with Crippen LogP contribution in [-0.2, 0) is 6.42 Å². The third-order valence-electron chi connectivity index (χ3n) is 3.40. The predicted octanol–water partition coefficient (Wildman–Crippen LogP) is 3.87. The molecule has 0 aromatic heterocycles. The number of nitrogens with one attached hydrogen (secondary N) is 1. The summed E-state index contributed by atoms with van der Waals surface area (Å²) in [5, 5.41) is 3.34. The zero-order chi connectivity index (χ0) is 15.2. The first-order chi connectivity index (χ1) is 10.1. The van der Waals surface area contributed by atoms with E-state index < -0.39 is 11.6 Å². The molecule has 0 aliphatic heterocycles. The number of hydrogen-bond donors (Lipinski definition) is 1. The van der Waals surface area contributed by atoms with E-state index in [1.807, 2.05) is 31.2 Å². The Hall–Kier alpha value is -1.94. The zero-order valence-corrected chi connectivity index (χ0v) is 12.2. The highest BCUT2D eigenvalue weighted by Gasteiger charge is 2.06. The molecule has 1 atom stereocenters. The third-order valence-corrected chi connectivity index (χ3v) is 3.40. The van der Waals surface area contributed by atoms with Crippen molar-refractivity contribution >= 4 is 0 Å². The van der Waals surface area contributed by atoms with E-state index in [0.29, 0.717) is 18.5 Å². The Labute approximate surface area is 123 Å². The molecule has 1 N–H and O–H groups in total. The first-order valence-electron chi connectivity index (χ1n) is 6.91. The molecular weight excluding hydrogens is 272 g/mol. The first kappa shape index (κ1) is 15.4. The largest absolute Gasteiger partial charge is 0.497 e. The second-order valence-electron chi connectivity index (χ2n) is 4.98. The highest BCUT2D eigenvalue weighted by atomic mass is 19.1. The van der Waals surface area contributed by atoms with Crippen molar-refractivity contribution in [3.8, 4) is 5.75 Å². The minimum absolute atomic E-state index is 0.161. The van der Waals surface area contributed by atoms with Crippen LogP contribution in [0, 0.1) is 11.6 Å². The van der Waals surface area contributed by atoms with Crippen molar-refractivity contribution in [3.63, 3.8) is 0 Å². The van der Waals surface area contributed by atoms with Crippen LogP contribution in [0.2, 0.25) is 0 Å². The zero-order valence-electron chi connectivity index (χ0n) is 12.2. The van der Waals surface area contributed by atoms with Crippen molar-refractivity contribution in [3.05, 3.63) is 65.2 Å². The van der Waals surface area contributed by atoms with Gasteiger partial charge in [0.15, 0.2) is 0 Å². The summed E-state index contributed by atoms with van der Waals surface area (Å²) in [4.78, 5) is 0. The fraction of sp³-hybridized carbons (Fsp3) is 0.294. The van der Waals surface area contributed by atoms with Gasteiger partial charge in [0.25, 0.3) is 0 Å². The highest BCUT2D eigenvalue weighted by Crippen LogP contribution is 2.17. The minimum atomic E-state index is -0.534. The normalized spacial score (nSPS) is 12.2. The summed E-state index contributed by atoms with van der Waals surface area (Å²) in [7, 11) is 1.63. The molecule has 2 aromatic carbocycles. The molecule has 0 heterocycles. The molecule has 0 saturated carbocycles. The van der Waals surface area contributed by atoms with Crippen LogP contribution in [0.4, 0.5) is 8.78 Å². The summed E-state index contributed by atoms with van der Waals surface area (Å²) < 4.78 is 31.3. The van der Waals surface area contributed by atoms with Crippen LogP contribution in [0.1, 0.15) is 24.1 Å². The standard InChI is InChI=1S/C17H19F2NO/c1-12(14-3-5-17(21-2)6-4-14)20-8-7-13-9-15(18)11-16(19)10-13/h3-6,9-12,20H,7-8H2,1-2H3. The molecule has 21 heavy (non-hydrogen) atoms. The Morgan fingerprint density at radius 3 is 2.24 bits per heavy atom. The van der Waals surface area contributed by atoms with E-state index in [4.69, 9.17) is 4.74 Å². The number of ether oxygens (including phenoxy) is 1. The molecule has 0 bridgehead atoms. The van der Waals surface area contributed by atoms with Crippen LogP contribution in [0.5, 0.6) is 5.75 Å². The molecule has 0 amide bonds. The Morgan fingerprint density at radius 1 is 1.05 bits per heavy atom. The fourth-order valence-corrected chi connectivity index (χ4v) is 2.20. The van der Waals surface area contributed by atoms with Crippen LogP contribution >= 0.6 is 0 Å². The maximum Gasteiger partial charge on any atom is 0.126 e. The van der Waals surface area contributed by atoms with Gasteiger partial charge in [-0.25, -0.2) is 8.78 Å². The second-order valence-corrected chi connectivity index (χ2v) is 4.98. The van der Waals surface area contributed by atoms with E-state index in [1.165, 1.54) is 12.1 Å². The molecule has 0 aliphatic rings. The maximum atomic E-state index is 13.1. The highest BCUT2D eigenvalue weighted by molar-refractivity contribution is 5.28. The maximum absolute atomic E-state index is 13.1. The lowest BCUT2D eigenvalue weighted by Gasteiger charge is -2.14. The van der Waals surface area contributed by atoms with Crippen LogP contribution in [0.25, 0.3) is 0 Å². The summed E-state index contributed by atoms with van der Waals surface area (Å²) in [6.07, 6.45) is 0.579. The fourth-order valence-electron chi connectivity index (χ4n) is 2.20. The summed E-state index contributed by atoms with van der Waals surface area (Å²) in [5.41, 5.74) is 1.79. The van der Waals surface area contributed by atoms with Crippen LogP contribution in [0.3, 0.4) is 0 Å². The lowest BCUT2D eigenvalue weighted by molar-refractivity contribution is 0.414. The molecule has 4 heteroatoms. The van der Waals surface area contributed by atoms with Gasteiger partial charge in [-0.15, -0.1) is 0 Å². The molecule has 0 saturated heterocycles. The van der Waals surface area contributed by atoms with Gasteiger partial charge in [-0.1, -0.05) is 12.1 Å². The minimum Gasteiger partial charge on any atom is -0.497 e. The molecule has 0 radical (unpaired) electrons. The molecule has 2 rings (SSSR count). The summed E-state index contributed by atoms with van der Waals surface area (Å²) >= 11 is 0. The van der Waals surface area contributed by atoms with E-state index in [-0.39, 0.29) is 6.04 Å². The topological polar surface area (TPSA) is 21.3 Å². The number of halogens is 2. The molecule has 2 nitrogen and oxygen atoms in total. The number of rotatable bonds is 6. The van der Waals surface area contributed by atoms with Crippen molar-refractivity contribution in [2.24, 2.45) is 0 Å². The van der Waals surface area contributed by atoms with E-state index in [2.05, 4.69) is 5.32 Å². The number of methoxy groups -OCH3 is 1. The molecule has 0 spiro atoms. The first-order valence-corrected chi connectivity index (χ1v) is 6.91. The van der Waals surface area contributed by atoms with Crippen LogP contribution in [-0.4, -0.2) is 13.7 Å². The van der Waals surface area contributed by atoms with Crippen molar-refractivity contribution in [2.75, 3.05) is 13.7 Å². The molecule has 1 unspecified atom stereocenters. The van der Waals surface area contributed by atoms with Gasteiger partial charge >= 0.3 is 0 Å². The monoisotopic (exact) mass is 291 g/mol. The summed E-state index contributed by atoms with van der Waals surface area (Å²) in [6.45, 7) is 2.70. The van der Waals surface area contributed by atoms with Gasteiger partial charge in [-0.2, -0.15) is 0 Å². The Bertz CT molecular complexity index is 564. The van der Waals surface area contributed by atoms with Crippen LogP contribution in [0.15, 0.2) is 42.5 Å². The van der Waals surface area contributed by atoms with Gasteiger partial charge < -0.3 is 10.1 Å². The van der Waals surface area contributed by atoms with Gasteiger partial charge in [0.2, 0.25) is 0 Å². The van der Waals surface area contributed by atoms with Gasteiger partial charge in [0.05, 0.1) is 7.11 Å². The Balaban J connectivity index is 1.87. The third kappa shape index (κ3) is 4.53. The second kappa shape index (κ2) is 7.18. The molecule has 0 fully saturated rings. The van der Waals surface area contributed by atoms with Gasteiger partial charge in [-0.05, 0) is 55.3 Å². The van der Waals surface area contributed by atoms with E-state index in [1.54, 1.807) is 7.11 Å². The molecule has 112 valence electrons. The van der Waals surface area contributed by atoms with Crippen molar-refractivity contribution in [2.45, 2.75) is 19.4 Å². The average molecular weight is 291 g/mol. The van der Waals surface area contributed by atoms with E-state index >= 15 is 0 Å². The summed E-state index contributed by atoms with van der Waals surface area (Å²) in [6, 6.07) is 11.6. The number of benzene rings is 2. The van der Waals surface area contributed by atoms with E-state index in [0.717, 1.165) is 17.4 Å². The lowest BCUT2D eigenvalue weighted by atomic mass is 10.1. The van der Waals surface area contributed by atoms with Crippen molar-refractivity contribution in [1.29, 1.82) is 0 Å². The molecular formula is C17H19F2NO. The average Bonchev–Trinajstić information content (AvgIpc) is 2.46. The van der Waals surface area contributed by atoms with Gasteiger partial charge in [-0.3, -0.25) is 0 Å². The Kier molecular flexibility index (Phi) is 5.28. The van der Waals surface area contributed by atoms with Crippen molar-refractivity contribution < 1.29 is 13.5 Å². The quantitative estimate of drug-likeness (QED) is 0.872. The van der Waals surface area contributed by atoms with Crippen LogP contribution < -0.4 is 10.1 Å².